The summed E-state index contributed by atoms with van der Waals surface area (Å²) in [4.78, 5) is 11.5. The zero-order chi connectivity index (χ0) is 13.7. The highest BCUT2D eigenvalue weighted by Crippen LogP contribution is 2.17. The molecule has 0 spiro atoms. The third kappa shape index (κ3) is 3.96. The number of benzene rings is 1. The van der Waals surface area contributed by atoms with Gasteiger partial charge in [0.05, 0.1) is 7.11 Å². The van der Waals surface area contributed by atoms with E-state index in [0.717, 1.165) is 5.56 Å². The molecule has 5 heteroatoms. The van der Waals surface area contributed by atoms with E-state index >= 15 is 0 Å². The van der Waals surface area contributed by atoms with Gasteiger partial charge in [-0.3, -0.25) is 4.79 Å². The minimum absolute atomic E-state index is 0.0941. The predicted octanol–water partition coefficient (Wildman–Crippen LogP) is 2.77. The summed E-state index contributed by atoms with van der Waals surface area (Å²) in [6, 6.07) is 3.78. The number of hydrogen-bond acceptors (Lipinski definition) is 3. The predicted molar refractivity (Wildman–Crippen MR) is 68.9 cm³/mol. The van der Waals surface area contributed by atoms with Crippen molar-refractivity contribution in [1.82, 2.24) is 5.32 Å². The molecule has 0 saturated carbocycles. The maximum atomic E-state index is 12.9. The molecule has 100 valence electrons. The third-order valence-electron chi connectivity index (χ3n) is 2.65. The Hall–Kier alpha value is -1.13. The van der Waals surface area contributed by atoms with E-state index < -0.39 is 6.04 Å². The van der Waals surface area contributed by atoms with E-state index in [1.807, 2.05) is 13.8 Å². The van der Waals surface area contributed by atoms with Gasteiger partial charge in [0.1, 0.15) is 11.9 Å². The molecule has 1 aromatic rings. The number of ether oxygens (including phenoxy) is 1. The number of esters is 1. The van der Waals surface area contributed by atoms with Crippen LogP contribution in [-0.2, 0) is 16.1 Å². The van der Waals surface area contributed by atoms with Gasteiger partial charge in [0.25, 0.3) is 0 Å². The molecule has 1 aromatic carbocycles. The van der Waals surface area contributed by atoms with Gasteiger partial charge in [0, 0.05) is 11.6 Å². The Balaban J connectivity index is 2.70. The molecule has 0 fully saturated rings. The molecule has 1 N–H and O–H groups in total. The van der Waals surface area contributed by atoms with E-state index in [4.69, 9.17) is 16.3 Å². The molecule has 1 unspecified atom stereocenters. The van der Waals surface area contributed by atoms with E-state index in [-0.39, 0.29) is 17.7 Å². The molecule has 0 aliphatic carbocycles. The quantitative estimate of drug-likeness (QED) is 0.839. The van der Waals surface area contributed by atoms with Crippen molar-refractivity contribution in [3.63, 3.8) is 0 Å². The lowest BCUT2D eigenvalue weighted by atomic mass is 10.0. The fourth-order valence-electron chi connectivity index (χ4n) is 1.60. The zero-order valence-corrected chi connectivity index (χ0v) is 11.4. The largest absolute Gasteiger partial charge is 0.468 e. The second-order valence-corrected chi connectivity index (χ2v) is 4.77. The molecule has 3 nitrogen and oxygen atoms in total. The van der Waals surface area contributed by atoms with Crippen molar-refractivity contribution in [3.8, 4) is 0 Å². The molecular formula is C13H17ClFNO2. The van der Waals surface area contributed by atoms with Crippen molar-refractivity contribution in [1.29, 1.82) is 0 Å². The van der Waals surface area contributed by atoms with E-state index in [1.165, 1.54) is 19.2 Å². The molecule has 1 rings (SSSR count). The minimum Gasteiger partial charge on any atom is -0.468 e. The normalized spacial score (nSPS) is 12.6. The number of rotatable bonds is 5. The Kier molecular flexibility index (Phi) is 5.56. The van der Waals surface area contributed by atoms with E-state index in [9.17, 15) is 9.18 Å². The lowest BCUT2D eigenvalue weighted by Gasteiger charge is -2.20. The van der Waals surface area contributed by atoms with Crippen LogP contribution < -0.4 is 5.32 Å². The van der Waals surface area contributed by atoms with Crippen LogP contribution in [0.25, 0.3) is 0 Å². The van der Waals surface area contributed by atoms with E-state index in [2.05, 4.69) is 5.32 Å². The zero-order valence-electron chi connectivity index (χ0n) is 10.7. The second kappa shape index (κ2) is 6.71. The Morgan fingerprint density at radius 3 is 2.67 bits per heavy atom. The van der Waals surface area contributed by atoms with Crippen LogP contribution in [0.3, 0.4) is 0 Å². The first kappa shape index (κ1) is 14.9. The number of carbonyl (C=O) groups excluding carboxylic acids is 1. The lowest BCUT2D eigenvalue weighted by molar-refractivity contribution is -0.144. The highest BCUT2D eigenvalue weighted by molar-refractivity contribution is 6.31. The molecule has 0 radical (unpaired) electrons. The molecule has 0 amide bonds. The second-order valence-electron chi connectivity index (χ2n) is 4.36. The summed E-state index contributed by atoms with van der Waals surface area (Å²) in [5.74, 6) is -0.600. The average Bonchev–Trinajstić information content (AvgIpc) is 2.31. The summed E-state index contributed by atoms with van der Waals surface area (Å²) in [6.07, 6.45) is 0. The van der Waals surface area contributed by atoms with Crippen LogP contribution in [0.5, 0.6) is 0 Å². The Morgan fingerprint density at radius 1 is 1.50 bits per heavy atom. The first-order chi connectivity index (χ1) is 8.45. The van der Waals surface area contributed by atoms with Gasteiger partial charge in [-0.2, -0.15) is 0 Å². The van der Waals surface area contributed by atoms with Gasteiger partial charge in [-0.1, -0.05) is 31.5 Å². The molecule has 18 heavy (non-hydrogen) atoms. The standard InChI is InChI=1S/C13H17ClFNO2/c1-8(2)12(13(17)18-3)16-7-9-4-5-10(15)6-11(9)14/h4-6,8,12,16H,7H2,1-3H3. The van der Waals surface area contributed by atoms with Crippen LogP contribution >= 0.6 is 11.6 Å². The first-order valence-electron chi connectivity index (χ1n) is 5.70. The van der Waals surface area contributed by atoms with E-state index in [1.54, 1.807) is 6.07 Å². The molecule has 0 aromatic heterocycles. The maximum absolute atomic E-state index is 12.9. The summed E-state index contributed by atoms with van der Waals surface area (Å²) < 4.78 is 17.6. The summed E-state index contributed by atoms with van der Waals surface area (Å²) in [5, 5.41) is 3.41. The van der Waals surface area contributed by atoms with Crippen LogP contribution in [-0.4, -0.2) is 19.1 Å². The van der Waals surface area contributed by atoms with Gasteiger partial charge in [-0.05, 0) is 23.6 Å². The number of halogens is 2. The fourth-order valence-corrected chi connectivity index (χ4v) is 1.84. The summed E-state index contributed by atoms with van der Waals surface area (Å²) in [7, 11) is 1.35. The molecule has 1 atom stereocenters. The molecule has 0 bridgehead atoms. The van der Waals surface area contributed by atoms with Gasteiger partial charge < -0.3 is 10.1 Å². The van der Waals surface area contributed by atoms with Crippen LogP contribution in [0, 0.1) is 11.7 Å². The number of nitrogens with one attached hydrogen (secondary N) is 1. The maximum Gasteiger partial charge on any atom is 0.323 e. The van der Waals surface area contributed by atoms with Crippen molar-refractivity contribution in [2.24, 2.45) is 5.92 Å². The molecular weight excluding hydrogens is 257 g/mol. The first-order valence-corrected chi connectivity index (χ1v) is 6.08. The minimum atomic E-state index is -0.406. The van der Waals surface area contributed by atoms with E-state index in [0.29, 0.717) is 11.6 Å². The topological polar surface area (TPSA) is 38.3 Å². The average molecular weight is 274 g/mol. The fraction of sp³-hybridized carbons (Fsp3) is 0.462. The highest BCUT2D eigenvalue weighted by atomic mass is 35.5. The van der Waals surface area contributed by atoms with Gasteiger partial charge in [-0.25, -0.2) is 4.39 Å². The summed E-state index contributed by atoms with van der Waals surface area (Å²) in [6.45, 7) is 4.22. The summed E-state index contributed by atoms with van der Waals surface area (Å²) in [5.41, 5.74) is 0.743. The van der Waals surface area contributed by atoms with Gasteiger partial charge >= 0.3 is 5.97 Å². The number of methoxy groups -OCH3 is 1. The third-order valence-corrected chi connectivity index (χ3v) is 3.00. The van der Waals surface area contributed by atoms with Gasteiger partial charge in [0.15, 0.2) is 0 Å². The smallest absolute Gasteiger partial charge is 0.323 e. The van der Waals surface area contributed by atoms with Crippen LogP contribution in [0.15, 0.2) is 18.2 Å². The number of hydrogen-bond donors (Lipinski definition) is 1. The van der Waals surface area contributed by atoms with Gasteiger partial charge in [0.2, 0.25) is 0 Å². The van der Waals surface area contributed by atoms with Crippen molar-refractivity contribution in [2.75, 3.05) is 7.11 Å². The molecule has 0 aliphatic heterocycles. The van der Waals surface area contributed by atoms with Gasteiger partial charge in [-0.15, -0.1) is 0 Å². The molecule has 0 heterocycles. The molecule has 0 aliphatic rings. The Bertz CT molecular complexity index is 423. The van der Waals surface area contributed by atoms with Crippen molar-refractivity contribution < 1.29 is 13.9 Å². The summed E-state index contributed by atoms with van der Waals surface area (Å²) >= 11 is 5.91. The van der Waals surface area contributed by atoms with Crippen LogP contribution in [0.2, 0.25) is 5.02 Å². The SMILES string of the molecule is COC(=O)C(NCc1ccc(F)cc1Cl)C(C)C. The van der Waals surface area contributed by atoms with Crippen molar-refractivity contribution in [3.05, 3.63) is 34.6 Å². The van der Waals surface area contributed by atoms with Crippen molar-refractivity contribution >= 4 is 17.6 Å². The highest BCUT2D eigenvalue weighted by Gasteiger charge is 2.22. The monoisotopic (exact) mass is 273 g/mol. The van der Waals surface area contributed by atoms with Crippen LogP contribution in [0.4, 0.5) is 4.39 Å². The Labute approximate surface area is 111 Å². The number of carbonyl (C=O) groups is 1. The van der Waals surface area contributed by atoms with Crippen molar-refractivity contribution in [2.45, 2.75) is 26.4 Å². The molecule has 0 saturated heterocycles. The lowest BCUT2D eigenvalue weighted by Crippen LogP contribution is -2.41. The van der Waals surface area contributed by atoms with Crippen LogP contribution in [0.1, 0.15) is 19.4 Å². The Morgan fingerprint density at radius 2 is 2.17 bits per heavy atom.